The molecule has 2 fully saturated rings. The van der Waals surface area contributed by atoms with Crippen molar-refractivity contribution in [2.75, 3.05) is 18.4 Å². The van der Waals surface area contributed by atoms with Gasteiger partial charge in [-0.25, -0.2) is 4.98 Å². The van der Waals surface area contributed by atoms with E-state index in [1.54, 1.807) is 0 Å². The second-order valence-corrected chi connectivity index (χ2v) is 5.28. The fourth-order valence-electron chi connectivity index (χ4n) is 3.25. The molecule has 2 aliphatic heterocycles. The van der Waals surface area contributed by atoms with Crippen LogP contribution in [0.3, 0.4) is 0 Å². The molecule has 0 spiro atoms. The van der Waals surface area contributed by atoms with E-state index in [-0.39, 0.29) is 0 Å². The fourth-order valence-corrected chi connectivity index (χ4v) is 3.25. The van der Waals surface area contributed by atoms with Crippen molar-refractivity contribution in [2.24, 2.45) is 0 Å². The van der Waals surface area contributed by atoms with Crippen LogP contribution in [0, 0.1) is 18.3 Å². The van der Waals surface area contributed by atoms with Crippen LogP contribution in [0.2, 0.25) is 0 Å². The zero-order chi connectivity index (χ0) is 12.5. The van der Waals surface area contributed by atoms with E-state index in [1.807, 2.05) is 19.1 Å². The molecule has 2 unspecified atom stereocenters. The maximum absolute atomic E-state index is 8.98. The SMILES string of the molecule is Cc1cc(C#N)cc(NC2CCN3CCCC23)n1. The summed E-state index contributed by atoms with van der Waals surface area (Å²) in [5.41, 5.74) is 1.59. The molecule has 4 heteroatoms. The van der Waals surface area contributed by atoms with Gasteiger partial charge in [0.25, 0.3) is 0 Å². The van der Waals surface area contributed by atoms with Gasteiger partial charge in [-0.2, -0.15) is 5.26 Å². The van der Waals surface area contributed by atoms with Crippen LogP contribution in [0.5, 0.6) is 0 Å². The average molecular weight is 242 g/mol. The van der Waals surface area contributed by atoms with Crippen molar-refractivity contribution in [2.45, 2.75) is 38.3 Å². The normalized spacial score (nSPS) is 26.9. The van der Waals surface area contributed by atoms with Gasteiger partial charge in [0, 0.05) is 24.3 Å². The third kappa shape index (κ3) is 2.06. The number of nitrogens with one attached hydrogen (secondary N) is 1. The number of fused-ring (bicyclic) bond motifs is 1. The van der Waals surface area contributed by atoms with Gasteiger partial charge in [0.1, 0.15) is 5.82 Å². The summed E-state index contributed by atoms with van der Waals surface area (Å²) in [6.45, 7) is 4.37. The predicted molar refractivity (Wildman–Crippen MR) is 70.3 cm³/mol. The van der Waals surface area contributed by atoms with Crippen LogP contribution in [-0.4, -0.2) is 35.1 Å². The first kappa shape index (κ1) is 11.5. The Kier molecular flexibility index (Phi) is 2.92. The summed E-state index contributed by atoms with van der Waals surface area (Å²) < 4.78 is 0. The molecule has 3 rings (SSSR count). The van der Waals surface area contributed by atoms with Gasteiger partial charge in [0.05, 0.1) is 11.6 Å². The minimum absolute atomic E-state index is 0.494. The molecule has 1 aromatic rings. The maximum atomic E-state index is 8.98. The third-order valence-corrected chi connectivity index (χ3v) is 4.02. The molecule has 0 bridgehead atoms. The number of aromatic nitrogens is 1. The lowest BCUT2D eigenvalue weighted by Gasteiger charge is -2.21. The zero-order valence-electron chi connectivity index (χ0n) is 10.7. The Morgan fingerprint density at radius 1 is 1.39 bits per heavy atom. The van der Waals surface area contributed by atoms with E-state index in [9.17, 15) is 0 Å². The van der Waals surface area contributed by atoms with E-state index >= 15 is 0 Å². The molecule has 1 N–H and O–H groups in total. The number of hydrogen-bond donors (Lipinski definition) is 1. The van der Waals surface area contributed by atoms with Crippen LogP contribution in [0.25, 0.3) is 0 Å². The standard InChI is InChI=1S/C14H18N4/c1-10-7-11(9-15)8-14(16-10)17-12-4-6-18-5-2-3-13(12)18/h7-8,12-13H,2-6H2,1H3,(H,16,17). The second kappa shape index (κ2) is 4.58. The Morgan fingerprint density at radius 2 is 2.28 bits per heavy atom. The van der Waals surface area contributed by atoms with Crippen LogP contribution >= 0.6 is 0 Å². The van der Waals surface area contributed by atoms with Gasteiger partial charge < -0.3 is 5.32 Å². The van der Waals surface area contributed by atoms with Gasteiger partial charge in [-0.15, -0.1) is 0 Å². The van der Waals surface area contributed by atoms with Gasteiger partial charge in [0.15, 0.2) is 0 Å². The van der Waals surface area contributed by atoms with Crippen molar-refractivity contribution in [3.63, 3.8) is 0 Å². The molecule has 0 amide bonds. The van der Waals surface area contributed by atoms with E-state index in [0.717, 1.165) is 11.5 Å². The number of rotatable bonds is 2. The molecular formula is C14H18N4. The summed E-state index contributed by atoms with van der Waals surface area (Å²) in [7, 11) is 0. The van der Waals surface area contributed by atoms with Crippen molar-refractivity contribution in [1.82, 2.24) is 9.88 Å². The van der Waals surface area contributed by atoms with E-state index in [2.05, 4.69) is 21.3 Å². The maximum Gasteiger partial charge on any atom is 0.127 e. The molecule has 4 nitrogen and oxygen atoms in total. The summed E-state index contributed by atoms with van der Waals surface area (Å²) in [4.78, 5) is 7.05. The molecule has 94 valence electrons. The van der Waals surface area contributed by atoms with Crippen LogP contribution in [-0.2, 0) is 0 Å². The van der Waals surface area contributed by atoms with E-state index in [4.69, 9.17) is 5.26 Å². The zero-order valence-corrected chi connectivity index (χ0v) is 10.7. The Balaban J connectivity index is 1.77. The average Bonchev–Trinajstić information content (AvgIpc) is 2.93. The van der Waals surface area contributed by atoms with Crippen LogP contribution in [0.15, 0.2) is 12.1 Å². The minimum atomic E-state index is 0.494. The van der Waals surface area contributed by atoms with Crippen molar-refractivity contribution in [3.8, 4) is 6.07 Å². The molecule has 0 aromatic carbocycles. The molecule has 18 heavy (non-hydrogen) atoms. The highest BCUT2D eigenvalue weighted by Gasteiger charge is 2.37. The first-order chi connectivity index (χ1) is 8.76. The van der Waals surface area contributed by atoms with Crippen LogP contribution < -0.4 is 5.32 Å². The number of hydrogen-bond acceptors (Lipinski definition) is 4. The minimum Gasteiger partial charge on any atom is -0.366 e. The summed E-state index contributed by atoms with van der Waals surface area (Å²) in [5.74, 6) is 0.852. The van der Waals surface area contributed by atoms with Crippen molar-refractivity contribution < 1.29 is 0 Å². The van der Waals surface area contributed by atoms with Crippen LogP contribution in [0.4, 0.5) is 5.82 Å². The van der Waals surface area contributed by atoms with Gasteiger partial charge in [-0.1, -0.05) is 0 Å². The van der Waals surface area contributed by atoms with E-state index in [1.165, 1.54) is 32.4 Å². The van der Waals surface area contributed by atoms with Crippen LogP contribution in [0.1, 0.15) is 30.5 Å². The number of aryl methyl sites for hydroxylation is 1. The lowest BCUT2D eigenvalue weighted by atomic mass is 10.1. The Bertz CT molecular complexity index is 491. The van der Waals surface area contributed by atoms with E-state index in [0.29, 0.717) is 17.6 Å². The lowest BCUT2D eigenvalue weighted by molar-refractivity contribution is 0.318. The van der Waals surface area contributed by atoms with Crippen molar-refractivity contribution in [3.05, 3.63) is 23.4 Å². The molecule has 1 aromatic heterocycles. The van der Waals surface area contributed by atoms with Gasteiger partial charge in [-0.3, -0.25) is 4.90 Å². The van der Waals surface area contributed by atoms with E-state index < -0.39 is 0 Å². The molecule has 3 heterocycles. The Hall–Kier alpha value is -1.60. The summed E-state index contributed by atoms with van der Waals surface area (Å²) in [5, 5.41) is 12.5. The highest BCUT2D eigenvalue weighted by atomic mass is 15.2. The molecule has 2 atom stereocenters. The molecular weight excluding hydrogens is 224 g/mol. The summed E-state index contributed by atoms with van der Waals surface area (Å²) in [6, 6.07) is 7.02. The highest BCUT2D eigenvalue weighted by Crippen LogP contribution is 2.29. The Labute approximate surface area is 108 Å². The second-order valence-electron chi connectivity index (χ2n) is 5.28. The smallest absolute Gasteiger partial charge is 0.127 e. The number of nitriles is 1. The first-order valence-corrected chi connectivity index (χ1v) is 6.65. The molecule has 0 radical (unpaired) electrons. The Morgan fingerprint density at radius 3 is 3.11 bits per heavy atom. The topological polar surface area (TPSA) is 52.0 Å². The molecule has 2 aliphatic rings. The number of pyridine rings is 1. The number of nitrogens with zero attached hydrogens (tertiary/aromatic N) is 3. The first-order valence-electron chi connectivity index (χ1n) is 6.65. The lowest BCUT2D eigenvalue weighted by Crippen LogP contribution is -2.34. The van der Waals surface area contributed by atoms with Gasteiger partial charge in [-0.05, 0) is 44.9 Å². The summed E-state index contributed by atoms with van der Waals surface area (Å²) in [6.07, 6.45) is 3.78. The highest BCUT2D eigenvalue weighted by molar-refractivity contribution is 5.45. The molecule has 2 saturated heterocycles. The quantitative estimate of drug-likeness (QED) is 0.860. The van der Waals surface area contributed by atoms with Crippen molar-refractivity contribution in [1.29, 1.82) is 5.26 Å². The molecule has 0 aliphatic carbocycles. The third-order valence-electron chi connectivity index (χ3n) is 4.02. The largest absolute Gasteiger partial charge is 0.366 e. The van der Waals surface area contributed by atoms with Crippen molar-refractivity contribution >= 4 is 5.82 Å². The van der Waals surface area contributed by atoms with Gasteiger partial charge in [0.2, 0.25) is 0 Å². The predicted octanol–water partition coefficient (Wildman–Crippen LogP) is 1.91. The fraction of sp³-hybridized carbons (Fsp3) is 0.571. The molecule has 0 saturated carbocycles. The monoisotopic (exact) mass is 242 g/mol. The number of anilines is 1. The van der Waals surface area contributed by atoms with Gasteiger partial charge >= 0.3 is 0 Å². The summed E-state index contributed by atoms with van der Waals surface area (Å²) >= 11 is 0.